The SMILES string of the molecule is CCO[Si](NC1CCCCC1)(NC1CCCC1)OCC. The number of nitrogens with one attached hydrogen (secondary N) is 2. The van der Waals surface area contributed by atoms with E-state index in [9.17, 15) is 0 Å². The topological polar surface area (TPSA) is 42.5 Å². The van der Waals surface area contributed by atoms with Crippen LogP contribution in [0.2, 0.25) is 0 Å². The molecular formula is C15H32N2O2Si. The van der Waals surface area contributed by atoms with Crippen LogP contribution in [0.4, 0.5) is 0 Å². The Balaban J connectivity index is 1.98. The van der Waals surface area contributed by atoms with Gasteiger partial charge in [0.1, 0.15) is 0 Å². The van der Waals surface area contributed by atoms with E-state index < -0.39 is 8.88 Å². The lowest BCUT2D eigenvalue weighted by Crippen LogP contribution is -2.71. The molecular weight excluding hydrogens is 268 g/mol. The molecule has 118 valence electrons. The quantitative estimate of drug-likeness (QED) is 0.676. The summed E-state index contributed by atoms with van der Waals surface area (Å²) in [4.78, 5) is 7.54. The van der Waals surface area contributed by atoms with Crippen molar-refractivity contribution in [2.75, 3.05) is 13.2 Å². The van der Waals surface area contributed by atoms with Gasteiger partial charge in [0, 0.05) is 25.3 Å². The van der Waals surface area contributed by atoms with Crippen LogP contribution in [0.3, 0.4) is 0 Å². The molecule has 2 rings (SSSR count). The number of rotatable bonds is 8. The zero-order valence-electron chi connectivity index (χ0n) is 13.2. The number of hydrogen-bond acceptors (Lipinski definition) is 4. The van der Waals surface area contributed by atoms with E-state index in [1.165, 1.54) is 57.8 Å². The molecule has 0 heterocycles. The minimum absolute atomic E-state index is 0.572. The molecule has 0 aromatic heterocycles. The molecule has 2 aliphatic rings. The highest BCUT2D eigenvalue weighted by atomic mass is 28.4. The summed E-state index contributed by atoms with van der Waals surface area (Å²) in [5.74, 6) is 0. The molecule has 2 saturated carbocycles. The maximum Gasteiger partial charge on any atom is 0.517 e. The molecule has 0 aromatic rings. The molecule has 20 heavy (non-hydrogen) atoms. The minimum Gasteiger partial charge on any atom is -0.371 e. The fourth-order valence-corrected chi connectivity index (χ4v) is 6.48. The van der Waals surface area contributed by atoms with Crippen LogP contribution in [0, 0.1) is 0 Å². The third-order valence-electron chi connectivity index (χ3n) is 4.44. The van der Waals surface area contributed by atoms with Gasteiger partial charge in [0.15, 0.2) is 0 Å². The molecule has 0 radical (unpaired) electrons. The second-order valence-corrected chi connectivity index (χ2v) is 8.48. The van der Waals surface area contributed by atoms with Crippen LogP contribution >= 0.6 is 0 Å². The molecule has 0 atom stereocenters. The van der Waals surface area contributed by atoms with E-state index in [2.05, 4.69) is 23.8 Å². The van der Waals surface area contributed by atoms with Gasteiger partial charge in [-0.05, 0) is 39.5 Å². The van der Waals surface area contributed by atoms with Gasteiger partial charge >= 0.3 is 8.88 Å². The number of hydrogen-bond donors (Lipinski definition) is 2. The maximum absolute atomic E-state index is 6.13. The standard InChI is InChI=1S/C15H32N2O2Si/c1-3-18-20(19-4-2,17-15-12-8-9-13-15)16-14-10-6-5-7-11-14/h14-17H,3-13H2,1-2H3. The van der Waals surface area contributed by atoms with Crippen LogP contribution in [0.25, 0.3) is 0 Å². The molecule has 4 nitrogen and oxygen atoms in total. The first-order valence-corrected chi connectivity index (χ1v) is 10.4. The Morgan fingerprint density at radius 1 is 0.750 bits per heavy atom. The molecule has 0 unspecified atom stereocenters. The van der Waals surface area contributed by atoms with E-state index in [1.807, 2.05) is 0 Å². The fraction of sp³-hybridized carbons (Fsp3) is 1.00. The first-order chi connectivity index (χ1) is 9.78. The molecule has 0 amide bonds. The normalized spacial score (nSPS) is 22.5. The van der Waals surface area contributed by atoms with E-state index in [1.54, 1.807) is 0 Å². The van der Waals surface area contributed by atoms with Crippen molar-refractivity contribution < 1.29 is 8.85 Å². The molecule has 2 fully saturated rings. The monoisotopic (exact) mass is 300 g/mol. The van der Waals surface area contributed by atoms with Gasteiger partial charge in [-0.3, -0.25) is 9.96 Å². The van der Waals surface area contributed by atoms with E-state index >= 15 is 0 Å². The zero-order chi connectivity index (χ0) is 14.3. The highest BCUT2D eigenvalue weighted by Crippen LogP contribution is 2.22. The second kappa shape index (κ2) is 8.49. The van der Waals surface area contributed by atoms with Gasteiger partial charge in [0.2, 0.25) is 0 Å². The van der Waals surface area contributed by atoms with Crippen molar-refractivity contribution >= 4 is 8.88 Å². The Kier molecular flexibility index (Phi) is 6.97. The van der Waals surface area contributed by atoms with Crippen molar-refractivity contribution in [2.24, 2.45) is 0 Å². The van der Waals surface area contributed by atoms with Crippen molar-refractivity contribution in [3.63, 3.8) is 0 Å². The van der Waals surface area contributed by atoms with E-state index in [0.29, 0.717) is 25.3 Å². The third kappa shape index (κ3) is 4.81. The van der Waals surface area contributed by atoms with Gasteiger partial charge in [-0.15, -0.1) is 0 Å². The van der Waals surface area contributed by atoms with Crippen LogP contribution < -0.4 is 9.96 Å². The smallest absolute Gasteiger partial charge is 0.371 e. The largest absolute Gasteiger partial charge is 0.517 e. The summed E-state index contributed by atoms with van der Waals surface area (Å²) in [5.41, 5.74) is 0. The Hall–Kier alpha value is 0.0569. The van der Waals surface area contributed by atoms with Gasteiger partial charge in [0.25, 0.3) is 0 Å². The molecule has 0 spiro atoms. The fourth-order valence-electron chi connectivity index (χ4n) is 3.51. The summed E-state index contributed by atoms with van der Waals surface area (Å²) >= 11 is 0. The van der Waals surface area contributed by atoms with Gasteiger partial charge in [-0.25, -0.2) is 0 Å². The van der Waals surface area contributed by atoms with Crippen LogP contribution in [0.15, 0.2) is 0 Å². The van der Waals surface area contributed by atoms with Crippen LogP contribution in [0.1, 0.15) is 71.6 Å². The third-order valence-corrected chi connectivity index (χ3v) is 7.41. The average molecular weight is 301 g/mol. The van der Waals surface area contributed by atoms with Crippen molar-refractivity contribution in [3.05, 3.63) is 0 Å². The Morgan fingerprint density at radius 2 is 1.15 bits per heavy atom. The second-order valence-electron chi connectivity index (χ2n) is 6.09. The van der Waals surface area contributed by atoms with E-state index in [4.69, 9.17) is 8.85 Å². The Bertz CT molecular complexity index is 261. The van der Waals surface area contributed by atoms with Crippen molar-refractivity contribution in [3.8, 4) is 0 Å². The summed E-state index contributed by atoms with van der Waals surface area (Å²) in [7, 11) is -2.45. The first-order valence-electron chi connectivity index (χ1n) is 8.61. The van der Waals surface area contributed by atoms with Gasteiger partial charge in [0.05, 0.1) is 0 Å². The predicted octanol–water partition coefficient (Wildman–Crippen LogP) is 2.95. The van der Waals surface area contributed by atoms with Gasteiger partial charge in [-0.1, -0.05) is 32.1 Å². The summed E-state index contributed by atoms with van der Waals surface area (Å²) < 4.78 is 12.3. The summed E-state index contributed by atoms with van der Waals surface area (Å²) in [6, 6.07) is 1.15. The van der Waals surface area contributed by atoms with Crippen LogP contribution in [-0.4, -0.2) is 34.2 Å². The van der Waals surface area contributed by atoms with Crippen molar-refractivity contribution in [1.29, 1.82) is 0 Å². The maximum atomic E-state index is 6.13. The summed E-state index contributed by atoms with van der Waals surface area (Å²) in [6.07, 6.45) is 11.8. The van der Waals surface area contributed by atoms with E-state index in [-0.39, 0.29) is 0 Å². The van der Waals surface area contributed by atoms with Crippen molar-refractivity contribution in [2.45, 2.75) is 83.7 Å². The van der Waals surface area contributed by atoms with Gasteiger partial charge < -0.3 is 8.85 Å². The lowest BCUT2D eigenvalue weighted by molar-refractivity contribution is 0.146. The van der Waals surface area contributed by atoms with Crippen LogP contribution in [0.5, 0.6) is 0 Å². The van der Waals surface area contributed by atoms with Gasteiger partial charge in [-0.2, -0.15) is 0 Å². The van der Waals surface area contributed by atoms with E-state index in [0.717, 1.165) is 0 Å². The molecule has 0 aliphatic heterocycles. The first kappa shape index (κ1) is 16.4. The predicted molar refractivity (Wildman–Crippen MR) is 84.4 cm³/mol. The summed E-state index contributed by atoms with van der Waals surface area (Å²) in [6.45, 7) is 5.57. The molecule has 0 bridgehead atoms. The minimum atomic E-state index is -2.45. The molecule has 5 heteroatoms. The molecule has 2 N–H and O–H groups in total. The average Bonchev–Trinajstić information content (AvgIpc) is 2.93. The lowest BCUT2D eigenvalue weighted by atomic mass is 9.96. The Morgan fingerprint density at radius 3 is 1.55 bits per heavy atom. The molecule has 2 aliphatic carbocycles. The zero-order valence-corrected chi connectivity index (χ0v) is 14.2. The van der Waals surface area contributed by atoms with Crippen LogP contribution in [-0.2, 0) is 8.85 Å². The molecule has 0 aromatic carbocycles. The lowest BCUT2D eigenvalue weighted by Gasteiger charge is -2.37. The highest BCUT2D eigenvalue weighted by Gasteiger charge is 2.43. The highest BCUT2D eigenvalue weighted by molar-refractivity contribution is 6.62. The van der Waals surface area contributed by atoms with Crippen molar-refractivity contribution in [1.82, 2.24) is 9.96 Å². The molecule has 0 saturated heterocycles. The Labute approximate surface area is 125 Å². The summed E-state index contributed by atoms with van der Waals surface area (Å²) in [5, 5.41) is 0.